The Morgan fingerprint density at radius 2 is 2.33 bits per heavy atom. The molecule has 1 atom stereocenters. The lowest BCUT2D eigenvalue weighted by Gasteiger charge is -1.98. The normalized spacial score (nSPS) is 22.9. The highest BCUT2D eigenvalue weighted by Crippen LogP contribution is 2.32. The first-order valence-corrected chi connectivity index (χ1v) is 3.72. The van der Waals surface area contributed by atoms with Crippen LogP contribution in [0.5, 0.6) is 0 Å². The van der Waals surface area contributed by atoms with Crippen molar-refractivity contribution in [1.82, 2.24) is 5.73 Å². The van der Waals surface area contributed by atoms with Crippen LogP contribution < -0.4 is 5.73 Å². The fourth-order valence-electron chi connectivity index (χ4n) is 0.895. The van der Waals surface area contributed by atoms with E-state index in [-0.39, 0.29) is 6.04 Å². The topological polar surface area (TPSA) is 23.8 Å². The van der Waals surface area contributed by atoms with Gasteiger partial charge < -0.3 is 0 Å². The molecular formula is C8H14N. The molecular weight excluding hydrogens is 110 g/mol. The van der Waals surface area contributed by atoms with E-state index in [1.807, 2.05) is 6.08 Å². The summed E-state index contributed by atoms with van der Waals surface area (Å²) in [5.41, 5.74) is 7.51. The van der Waals surface area contributed by atoms with E-state index in [4.69, 9.17) is 5.73 Å². The van der Waals surface area contributed by atoms with E-state index in [0.29, 0.717) is 5.92 Å². The molecule has 0 spiro atoms. The minimum atomic E-state index is 0.102. The van der Waals surface area contributed by atoms with E-state index in [2.05, 4.69) is 13.0 Å². The summed E-state index contributed by atoms with van der Waals surface area (Å²) in [5.74, 6) is 0.702. The molecule has 0 amide bonds. The van der Waals surface area contributed by atoms with Gasteiger partial charge in [-0.25, -0.2) is 0 Å². The summed E-state index contributed by atoms with van der Waals surface area (Å²) in [7, 11) is 0. The third-order valence-electron chi connectivity index (χ3n) is 1.71. The molecule has 9 heavy (non-hydrogen) atoms. The van der Waals surface area contributed by atoms with Crippen LogP contribution >= 0.6 is 0 Å². The molecule has 1 aliphatic rings. The number of nitrogens with one attached hydrogen (secondary N) is 1. The maximum absolute atomic E-state index is 7.51. The second-order valence-electron chi connectivity index (χ2n) is 2.70. The lowest BCUT2D eigenvalue weighted by atomic mass is 10.2. The Labute approximate surface area is 56.9 Å². The molecule has 1 fully saturated rings. The summed E-state index contributed by atoms with van der Waals surface area (Å²) in [6.07, 6.45) is 7.75. The molecule has 0 aromatic rings. The maximum atomic E-state index is 7.51. The third kappa shape index (κ3) is 2.19. The summed E-state index contributed by atoms with van der Waals surface area (Å²) >= 11 is 0. The molecule has 1 N–H and O–H groups in total. The standard InChI is InChI=1S/C8H14N/c1-2-3-4-8(9)7-5-6-7/h3-4,7-9H,2,5-6H2,1H3. The van der Waals surface area contributed by atoms with Crippen LogP contribution in [-0.2, 0) is 0 Å². The van der Waals surface area contributed by atoms with Crippen LogP contribution in [0, 0.1) is 5.92 Å². The van der Waals surface area contributed by atoms with Gasteiger partial charge in [0.05, 0.1) is 0 Å². The molecule has 1 unspecified atom stereocenters. The van der Waals surface area contributed by atoms with E-state index in [1.54, 1.807) is 0 Å². The van der Waals surface area contributed by atoms with E-state index in [9.17, 15) is 0 Å². The van der Waals surface area contributed by atoms with Gasteiger partial charge in [-0.3, -0.25) is 5.73 Å². The van der Waals surface area contributed by atoms with Crippen molar-refractivity contribution < 1.29 is 0 Å². The van der Waals surface area contributed by atoms with Crippen molar-refractivity contribution in [3.63, 3.8) is 0 Å². The minimum absolute atomic E-state index is 0.102. The largest absolute Gasteiger partial charge is 0.250 e. The van der Waals surface area contributed by atoms with Crippen molar-refractivity contribution in [3.8, 4) is 0 Å². The second kappa shape index (κ2) is 3.02. The fourth-order valence-corrected chi connectivity index (χ4v) is 0.895. The lowest BCUT2D eigenvalue weighted by Crippen LogP contribution is -2.06. The van der Waals surface area contributed by atoms with Gasteiger partial charge in [-0.1, -0.05) is 19.1 Å². The smallest absolute Gasteiger partial charge is 0.0421 e. The molecule has 0 aromatic carbocycles. The zero-order chi connectivity index (χ0) is 6.69. The highest BCUT2D eigenvalue weighted by molar-refractivity contribution is 4.98. The highest BCUT2D eigenvalue weighted by Gasteiger charge is 2.26. The first-order chi connectivity index (χ1) is 4.34. The van der Waals surface area contributed by atoms with Gasteiger partial charge >= 0.3 is 0 Å². The average molecular weight is 124 g/mol. The molecule has 1 radical (unpaired) electrons. The van der Waals surface area contributed by atoms with Gasteiger partial charge in [0.1, 0.15) is 0 Å². The zero-order valence-electron chi connectivity index (χ0n) is 5.93. The molecule has 51 valence electrons. The van der Waals surface area contributed by atoms with Crippen molar-refractivity contribution in [3.05, 3.63) is 12.2 Å². The van der Waals surface area contributed by atoms with Crippen molar-refractivity contribution in [2.24, 2.45) is 5.92 Å². The van der Waals surface area contributed by atoms with Gasteiger partial charge in [-0.2, -0.15) is 0 Å². The van der Waals surface area contributed by atoms with Crippen LogP contribution in [0.4, 0.5) is 0 Å². The van der Waals surface area contributed by atoms with Crippen molar-refractivity contribution in [2.45, 2.75) is 32.2 Å². The van der Waals surface area contributed by atoms with Gasteiger partial charge in [-0.05, 0) is 25.2 Å². The first kappa shape index (κ1) is 6.81. The molecule has 1 aliphatic carbocycles. The SMILES string of the molecule is CCC=CC([NH])C1CC1. The molecule has 0 aromatic heterocycles. The van der Waals surface area contributed by atoms with Crippen molar-refractivity contribution >= 4 is 0 Å². The summed E-state index contributed by atoms with van der Waals surface area (Å²) in [6.45, 7) is 2.11. The molecule has 0 saturated heterocycles. The van der Waals surface area contributed by atoms with Gasteiger partial charge in [0, 0.05) is 6.04 Å². The Kier molecular flexibility index (Phi) is 2.29. The summed E-state index contributed by atoms with van der Waals surface area (Å²) in [6, 6.07) is 0.102. The molecule has 1 heteroatoms. The van der Waals surface area contributed by atoms with Crippen molar-refractivity contribution in [2.75, 3.05) is 0 Å². The molecule has 0 bridgehead atoms. The van der Waals surface area contributed by atoms with E-state index < -0.39 is 0 Å². The van der Waals surface area contributed by atoms with Crippen LogP contribution in [0.15, 0.2) is 12.2 Å². The zero-order valence-corrected chi connectivity index (χ0v) is 5.93. The van der Waals surface area contributed by atoms with E-state index >= 15 is 0 Å². The Bertz CT molecular complexity index is 103. The average Bonchev–Trinajstić information content (AvgIpc) is 2.63. The summed E-state index contributed by atoms with van der Waals surface area (Å²) in [5, 5.41) is 0. The van der Waals surface area contributed by atoms with Crippen LogP contribution in [0.25, 0.3) is 0 Å². The molecule has 1 saturated carbocycles. The molecule has 1 rings (SSSR count). The predicted molar refractivity (Wildman–Crippen MR) is 39.0 cm³/mol. The van der Waals surface area contributed by atoms with Gasteiger partial charge in [0.2, 0.25) is 0 Å². The molecule has 0 aliphatic heterocycles. The molecule has 1 nitrogen and oxygen atoms in total. The Morgan fingerprint density at radius 1 is 1.67 bits per heavy atom. The molecule has 0 heterocycles. The highest BCUT2D eigenvalue weighted by atomic mass is 14.7. The number of hydrogen-bond acceptors (Lipinski definition) is 0. The van der Waals surface area contributed by atoms with Crippen LogP contribution in [0.3, 0.4) is 0 Å². The quantitative estimate of drug-likeness (QED) is 0.514. The maximum Gasteiger partial charge on any atom is 0.0421 e. The number of rotatable bonds is 3. The van der Waals surface area contributed by atoms with Crippen LogP contribution in [-0.4, -0.2) is 6.04 Å². The third-order valence-corrected chi connectivity index (χ3v) is 1.71. The lowest BCUT2D eigenvalue weighted by molar-refractivity contribution is 0.688. The van der Waals surface area contributed by atoms with Gasteiger partial charge in [0.15, 0.2) is 0 Å². The van der Waals surface area contributed by atoms with E-state index in [0.717, 1.165) is 6.42 Å². The van der Waals surface area contributed by atoms with E-state index in [1.165, 1.54) is 12.8 Å². The fraction of sp³-hybridized carbons (Fsp3) is 0.750. The minimum Gasteiger partial charge on any atom is -0.250 e. The van der Waals surface area contributed by atoms with Gasteiger partial charge in [0.25, 0.3) is 0 Å². The number of allylic oxidation sites excluding steroid dienone is 1. The predicted octanol–water partition coefficient (Wildman–Crippen LogP) is 2.01. The Morgan fingerprint density at radius 3 is 2.78 bits per heavy atom. The summed E-state index contributed by atoms with van der Waals surface area (Å²) < 4.78 is 0. The Hall–Kier alpha value is -0.300. The van der Waals surface area contributed by atoms with Crippen LogP contribution in [0.2, 0.25) is 0 Å². The van der Waals surface area contributed by atoms with Crippen molar-refractivity contribution in [1.29, 1.82) is 0 Å². The number of hydrogen-bond donors (Lipinski definition) is 0. The first-order valence-electron chi connectivity index (χ1n) is 3.72. The van der Waals surface area contributed by atoms with Crippen LogP contribution in [0.1, 0.15) is 26.2 Å². The monoisotopic (exact) mass is 124 g/mol. The second-order valence-corrected chi connectivity index (χ2v) is 2.70. The summed E-state index contributed by atoms with van der Waals surface area (Å²) in [4.78, 5) is 0. The van der Waals surface area contributed by atoms with Gasteiger partial charge in [-0.15, -0.1) is 0 Å². The Balaban J connectivity index is 2.16.